The Bertz CT molecular complexity index is 929. The zero-order valence-corrected chi connectivity index (χ0v) is 20.4. The molecule has 2 saturated heterocycles. The lowest BCUT2D eigenvalue weighted by Gasteiger charge is -2.51. The first-order valence-corrected chi connectivity index (χ1v) is 12.3. The molecule has 9 nitrogen and oxygen atoms in total. The van der Waals surface area contributed by atoms with Gasteiger partial charge in [-0.1, -0.05) is 6.07 Å². The van der Waals surface area contributed by atoms with Crippen LogP contribution in [0.1, 0.15) is 70.9 Å². The van der Waals surface area contributed by atoms with Gasteiger partial charge in [0.25, 0.3) is 0 Å². The van der Waals surface area contributed by atoms with Crippen LogP contribution in [0, 0.1) is 0 Å². The minimum absolute atomic E-state index is 0.0351. The number of amides is 2. The number of carbonyl (C=O) groups excluding carboxylic acids is 2. The number of morpholine rings is 1. The molecule has 2 aliphatic heterocycles. The molecular formula is C25H37N3O6. The van der Waals surface area contributed by atoms with Crippen molar-refractivity contribution in [1.29, 1.82) is 0 Å². The Hall–Kier alpha value is -2.39. The highest BCUT2D eigenvalue weighted by Gasteiger charge is 2.50. The Morgan fingerprint density at radius 1 is 1.21 bits per heavy atom. The molecule has 188 valence electrons. The first-order valence-electron chi connectivity index (χ1n) is 12.3. The van der Waals surface area contributed by atoms with Gasteiger partial charge in [0.2, 0.25) is 11.5 Å². The van der Waals surface area contributed by atoms with Gasteiger partial charge in [-0.25, -0.2) is 4.79 Å². The van der Waals surface area contributed by atoms with E-state index < -0.39 is 17.2 Å². The molecule has 2 amide bonds. The number of pyridine rings is 1. The molecule has 2 atom stereocenters. The van der Waals surface area contributed by atoms with E-state index in [0.29, 0.717) is 25.7 Å². The summed E-state index contributed by atoms with van der Waals surface area (Å²) in [5, 5.41) is 3.12. The molecule has 0 radical (unpaired) electrons. The molecular weight excluding hydrogens is 438 g/mol. The van der Waals surface area contributed by atoms with Gasteiger partial charge in [0.15, 0.2) is 0 Å². The summed E-state index contributed by atoms with van der Waals surface area (Å²) >= 11 is 0. The molecule has 3 heterocycles. The van der Waals surface area contributed by atoms with Crippen molar-refractivity contribution in [3.63, 3.8) is 0 Å². The third-order valence-corrected chi connectivity index (χ3v) is 7.04. The molecule has 0 aromatic carbocycles. The van der Waals surface area contributed by atoms with E-state index in [1.807, 2.05) is 26.8 Å². The first-order chi connectivity index (χ1) is 16.2. The van der Waals surface area contributed by atoms with Crippen molar-refractivity contribution >= 4 is 12.0 Å². The predicted octanol–water partition coefficient (Wildman–Crippen LogP) is 2.70. The zero-order valence-electron chi connectivity index (χ0n) is 20.4. The van der Waals surface area contributed by atoms with E-state index in [4.69, 9.17) is 14.2 Å². The Morgan fingerprint density at radius 2 is 1.97 bits per heavy atom. The number of rotatable bonds is 4. The molecule has 0 unspecified atom stereocenters. The molecule has 2 N–H and O–H groups in total. The van der Waals surface area contributed by atoms with Crippen molar-refractivity contribution in [3.05, 3.63) is 34.2 Å². The molecule has 4 rings (SSSR count). The van der Waals surface area contributed by atoms with E-state index in [1.165, 1.54) is 6.07 Å². The van der Waals surface area contributed by atoms with Crippen LogP contribution in [0.15, 0.2) is 23.0 Å². The van der Waals surface area contributed by atoms with Gasteiger partial charge in [0, 0.05) is 18.3 Å². The Labute approximate surface area is 200 Å². The quantitative estimate of drug-likeness (QED) is 0.693. The first kappa shape index (κ1) is 24.7. The summed E-state index contributed by atoms with van der Waals surface area (Å²) in [4.78, 5) is 41.6. The molecule has 3 aliphatic rings. The Balaban J connectivity index is 1.43. The number of ether oxygens (including phenoxy) is 3. The number of hydrogen-bond acceptors (Lipinski definition) is 6. The van der Waals surface area contributed by atoms with Gasteiger partial charge in [-0.15, -0.1) is 0 Å². The summed E-state index contributed by atoms with van der Waals surface area (Å²) in [6.45, 7) is 6.78. The molecule has 0 bridgehead atoms. The van der Waals surface area contributed by atoms with Crippen LogP contribution in [0.25, 0.3) is 0 Å². The van der Waals surface area contributed by atoms with Crippen molar-refractivity contribution in [2.45, 2.75) is 88.5 Å². The van der Waals surface area contributed by atoms with Crippen molar-refractivity contribution < 1.29 is 23.8 Å². The lowest BCUT2D eigenvalue weighted by atomic mass is 9.80. The third-order valence-electron chi connectivity index (χ3n) is 7.04. The lowest BCUT2D eigenvalue weighted by molar-refractivity contribution is -0.144. The average molecular weight is 476 g/mol. The standard InChI is InChI=1S/C25H37N3O6/c1-24(2,3)34-23(31)28-13-5-12-25(16-32-15-22(30)27-25)20(28)14-33-18-10-8-17(9-11-18)19-6-4-7-21(29)26-19/h4,6-7,17-18,20H,5,8-16H2,1-3H3,(H,26,29)(H,27,30)/t17?,18?,20-,25-/m1/s1. The maximum Gasteiger partial charge on any atom is 0.410 e. The molecule has 1 spiro atoms. The minimum atomic E-state index is -0.675. The van der Waals surface area contributed by atoms with E-state index in [0.717, 1.165) is 44.2 Å². The second-order valence-corrected chi connectivity index (χ2v) is 10.8. The van der Waals surface area contributed by atoms with E-state index in [9.17, 15) is 14.4 Å². The second-order valence-electron chi connectivity index (χ2n) is 10.8. The van der Waals surface area contributed by atoms with Gasteiger partial charge in [0.05, 0.1) is 30.9 Å². The highest BCUT2D eigenvalue weighted by molar-refractivity contribution is 5.79. The summed E-state index contributed by atoms with van der Waals surface area (Å²) in [6.07, 6.45) is 4.74. The van der Waals surface area contributed by atoms with Gasteiger partial charge in [0.1, 0.15) is 12.2 Å². The largest absolute Gasteiger partial charge is 0.444 e. The van der Waals surface area contributed by atoms with Crippen molar-refractivity contribution in [3.8, 4) is 0 Å². The SMILES string of the molecule is CC(C)(C)OC(=O)N1CCC[C@@]2(COCC(=O)N2)[C@H]1COC1CCC(c2cccc(=O)[nH]2)CC1. The molecule has 1 aliphatic carbocycles. The lowest BCUT2D eigenvalue weighted by Crippen LogP contribution is -2.72. The molecule has 9 heteroatoms. The second kappa shape index (κ2) is 10.1. The van der Waals surface area contributed by atoms with Gasteiger partial charge < -0.3 is 29.4 Å². The predicted molar refractivity (Wildman–Crippen MR) is 126 cm³/mol. The fourth-order valence-corrected chi connectivity index (χ4v) is 5.43. The maximum absolute atomic E-state index is 13.1. The number of nitrogens with one attached hydrogen (secondary N) is 2. The fraction of sp³-hybridized carbons (Fsp3) is 0.720. The normalized spacial score (nSPS) is 30.1. The average Bonchev–Trinajstić information content (AvgIpc) is 2.77. The summed E-state index contributed by atoms with van der Waals surface area (Å²) in [5.74, 6) is 0.152. The Morgan fingerprint density at radius 3 is 2.65 bits per heavy atom. The highest BCUT2D eigenvalue weighted by atomic mass is 16.6. The van der Waals surface area contributed by atoms with Crippen LogP contribution in [0.3, 0.4) is 0 Å². The van der Waals surface area contributed by atoms with Gasteiger partial charge in [-0.2, -0.15) is 0 Å². The van der Waals surface area contributed by atoms with Crippen molar-refractivity contribution in [2.24, 2.45) is 0 Å². The van der Waals surface area contributed by atoms with Crippen LogP contribution in [-0.2, 0) is 19.0 Å². The molecule has 1 saturated carbocycles. The number of piperidine rings is 1. The highest BCUT2D eigenvalue weighted by Crippen LogP contribution is 2.35. The number of aromatic nitrogens is 1. The zero-order chi connectivity index (χ0) is 24.3. The van der Waals surface area contributed by atoms with E-state index in [1.54, 1.807) is 11.0 Å². The van der Waals surface area contributed by atoms with Gasteiger partial charge >= 0.3 is 6.09 Å². The number of carbonyl (C=O) groups is 2. The summed E-state index contributed by atoms with van der Waals surface area (Å²) in [5.41, 5.74) is -0.380. The molecule has 34 heavy (non-hydrogen) atoms. The number of likely N-dealkylation sites (tertiary alicyclic amines) is 1. The third kappa shape index (κ3) is 5.81. The van der Waals surface area contributed by atoms with Gasteiger partial charge in [-0.05, 0) is 71.3 Å². The van der Waals surface area contributed by atoms with Crippen LogP contribution in [0.2, 0.25) is 0 Å². The molecule has 1 aromatic rings. The van der Waals surface area contributed by atoms with E-state index in [2.05, 4.69) is 10.3 Å². The van der Waals surface area contributed by atoms with Crippen LogP contribution in [-0.4, -0.2) is 71.5 Å². The number of hydrogen-bond donors (Lipinski definition) is 2. The van der Waals surface area contributed by atoms with Crippen LogP contribution in [0.4, 0.5) is 4.79 Å². The fourth-order valence-electron chi connectivity index (χ4n) is 5.43. The van der Waals surface area contributed by atoms with Crippen molar-refractivity contribution in [1.82, 2.24) is 15.2 Å². The van der Waals surface area contributed by atoms with Crippen LogP contribution >= 0.6 is 0 Å². The summed E-state index contributed by atoms with van der Waals surface area (Å²) in [6, 6.07) is 4.93. The summed E-state index contributed by atoms with van der Waals surface area (Å²) < 4.78 is 17.7. The molecule has 1 aromatic heterocycles. The smallest absolute Gasteiger partial charge is 0.410 e. The molecule has 3 fully saturated rings. The van der Waals surface area contributed by atoms with Gasteiger partial charge in [-0.3, -0.25) is 9.59 Å². The topological polar surface area (TPSA) is 110 Å². The van der Waals surface area contributed by atoms with Crippen molar-refractivity contribution in [2.75, 3.05) is 26.4 Å². The van der Waals surface area contributed by atoms with Crippen LogP contribution in [0.5, 0.6) is 0 Å². The maximum atomic E-state index is 13.1. The number of aromatic amines is 1. The minimum Gasteiger partial charge on any atom is -0.444 e. The number of nitrogens with zero attached hydrogens (tertiary/aromatic N) is 1. The monoisotopic (exact) mass is 475 g/mol. The van der Waals surface area contributed by atoms with E-state index in [-0.39, 0.29) is 30.2 Å². The Kier molecular flexibility index (Phi) is 7.33. The number of H-pyrrole nitrogens is 1. The summed E-state index contributed by atoms with van der Waals surface area (Å²) in [7, 11) is 0. The van der Waals surface area contributed by atoms with E-state index >= 15 is 0 Å². The van der Waals surface area contributed by atoms with Crippen LogP contribution < -0.4 is 10.9 Å².